The van der Waals surface area contributed by atoms with Crippen LogP contribution in [0.1, 0.15) is 5.56 Å². The van der Waals surface area contributed by atoms with Crippen LogP contribution in [0.2, 0.25) is 0 Å². The fourth-order valence-corrected chi connectivity index (χ4v) is 0.560. The zero-order valence-electron chi connectivity index (χ0n) is 5.74. The molecule has 0 aliphatic rings. The van der Waals surface area contributed by atoms with Crippen molar-refractivity contribution in [1.29, 1.82) is 0 Å². The predicted molar refractivity (Wildman–Crippen MR) is 40.9 cm³/mol. The van der Waals surface area contributed by atoms with Crippen molar-refractivity contribution in [2.75, 3.05) is 5.73 Å². The van der Waals surface area contributed by atoms with E-state index in [-0.39, 0.29) is 29.8 Å². The standard InChI is InChI=1S/C5H7N3O2.Al/c6-4-3(2-9)1-7-5(10)8-4;/h1,9H,2H2,(H3,6,7,8,10);/q;+1. The van der Waals surface area contributed by atoms with Crippen molar-refractivity contribution in [3.05, 3.63) is 22.2 Å². The zero-order valence-corrected chi connectivity index (χ0v) is 6.90. The Bertz CT molecular complexity index is 285. The maximum absolute atomic E-state index is 10.4. The molecule has 2 radical (unpaired) electrons. The summed E-state index contributed by atoms with van der Waals surface area (Å²) in [7, 11) is 0. The Balaban J connectivity index is 0.000001000. The molecule has 0 aromatic carbocycles. The van der Waals surface area contributed by atoms with Crippen molar-refractivity contribution in [2.45, 2.75) is 6.61 Å². The molecule has 0 bridgehead atoms. The smallest absolute Gasteiger partial charge is 0.391 e. The molecule has 0 aliphatic carbocycles. The van der Waals surface area contributed by atoms with Gasteiger partial charge in [0.1, 0.15) is 5.82 Å². The molecule has 0 spiro atoms. The van der Waals surface area contributed by atoms with Crippen LogP contribution in [-0.4, -0.2) is 32.4 Å². The van der Waals surface area contributed by atoms with E-state index in [1.165, 1.54) is 6.20 Å². The zero-order chi connectivity index (χ0) is 7.56. The summed E-state index contributed by atoms with van der Waals surface area (Å²) in [6.07, 6.45) is 1.24. The molecule has 0 saturated heterocycles. The summed E-state index contributed by atoms with van der Waals surface area (Å²) in [5.41, 5.74) is 5.20. The first kappa shape index (κ1) is 10.2. The number of nitrogen functional groups attached to an aromatic ring is 1. The van der Waals surface area contributed by atoms with E-state index in [1.54, 1.807) is 0 Å². The molecule has 1 heterocycles. The number of aliphatic hydroxyl groups excluding tert-OH is 1. The Hall–Kier alpha value is -0.828. The van der Waals surface area contributed by atoms with Crippen LogP contribution in [0.15, 0.2) is 11.0 Å². The molecule has 0 atom stereocenters. The third-order valence-electron chi connectivity index (χ3n) is 1.10. The Labute approximate surface area is 73.4 Å². The van der Waals surface area contributed by atoms with E-state index in [9.17, 15) is 4.79 Å². The van der Waals surface area contributed by atoms with Gasteiger partial charge in [-0.05, 0) is 0 Å². The van der Waals surface area contributed by atoms with E-state index in [4.69, 9.17) is 10.8 Å². The average Bonchev–Trinajstić information content (AvgIpc) is 1.88. The van der Waals surface area contributed by atoms with E-state index in [1.807, 2.05) is 0 Å². The van der Waals surface area contributed by atoms with Crippen molar-refractivity contribution in [1.82, 2.24) is 9.97 Å². The largest absolute Gasteiger partial charge is 1.00 e. The van der Waals surface area contributed by atoms with Gasteiger partial charge < -0.3 is 10.8 Å². The number of aliphatic hydroxyl groups is 1. The molecule has 1 rings (SSSR count). The molecular formula is C5H7AlN3O2+. The van der Waals surface area contributed by atoms with Crippen LogP contribution < -0.4 is 11.4 Å². The van der Waals surface area contributed by atoms with Gasteiger partial charge in [-0.1, -0.05) is 0 Å². The van der Waals surface area contributed by atoms with Crippen LogP contribution in [0.3, 0.4) is 0 Å². The number of hydrogen-bond donors (Lipinski definition) is 3. The summed E-state index contributed by atoms with van der Waals surface area (Å²) in [6, 6.07) is 0. The number of rotatable bonds is 1. The van der Waals surface area contributed by atoms with Crippen molar-refractivity contribution >= 4 is 23.2 Å². The predicted octanol–water partition coefficient (Wildman–Crippen LogP) is -1.54. The second-order valence-electron chi connectivity index (χ2n) is 1.79. The van der Waals surface area contributed by atoms with Crippen LogP contribution >= 0.6 is 0 Å². The molecule has 1 aromatic rings. The maximum Gasteiger partial charge on any atom is 1.00 e. The number of nitrogens with two attached hydrogens (primary N) is 1. The Kier molecular flexibility index (Phi) is 3.82. The molecule has 4 N–H and O–H groups in total. The fraction of sp³-hybridized carbons (Fsp3) is 0.200. The van der Waals surface area contributed by atoms with Gasteiger partial charge in [0.2, 0.25) is 0 Å². The third kappa shape index (κ3) is 2.35. The van der Waals surface area contributed by atoms with E-state index in [0.29, 0.717) is 5.56 Å². The topological polar surface area (TPSA) is 92.0 Å². The second kappa shape index (κ2) is 4.13. The Morgan fingerprint density at radius 1 is 1.73 bits per heavy atom. The maximum atomic E-state index is 10.4. The first-order valence-electron chi connectivity index (χ1n) is 2.68. The van der Waals surface area contributed by atoms with Crippen molar-refractivity contribution in [2.24, 2.45) is 0 Å². The summed E-state index contributed by atoms with van der Waals surface area (Å²) >= 11 is 0. The van der Waals surface area contributed by atoms with Crippen LogP contribution in [0.5, 0.6) is 0 Å². The van der Waals surface area contributed by atoms with E-state index in [0.717, 1.165) is 0 Å². The first-order valence-corrected chi connectivity index (χ1v) is 2.68. The quantitative estimate of drug-likeness (QED) is 0.443. The van der Waals surface area contributed by atoms with E-state index >= 15 is 0 Å². The summed E-state index contributed by atoms with van der Waals surface area (Å²) in [5, 5.41) is 8.57. The van der Waals surface area contributed by atoms with Crippen LogP contribution in [-0.2, 0) is 6.61 Å². The fourth-order valence-electron chi connectivity index (χ4n) is 0.560. The van der Waals surface area contributed by atoms with Crippen LogP contribution in [0.4, 0.5) is 5.82 Å². The SMILES string of the molecule is Nc1[nH]c(=O)ncc1CO.[Al+]. The normalized spacial score (nSPS) is 8.82. The van der Waals surface area contributed by atoms with Gasteiger partial charge in [0.25, 0.3) is 0 Å². The van der Waals surface area contributed by atoms with Gasteiger partial charge in [0.05, 0.1) is 6.61 Å². The number of anilines is 1. The molecule has 0 saturated carbocycles. The molecule has 6 heteroatoms. The molecule has 11 heavy (non-hydrogen) atoms. The molecule has 0 unspecified atom stereocenters. The van der Waals surface area contributed by atoms with Gasteiger partial charge in [0, 0.05) is 11.8 Å². The Morgan fingerprint density at radius 2 is 2.36 bits per heavy atom. The minimum atomic E-state index is -0.505. The molecule has 5 nitrogen and oxygen atoms in total. The first-order chi connectivity index (χ1) is 4.74. The summed E-state index contributed by atoms with van der Waals surface area (Å²) in [5.74, 6) is 0.169. The van der Waals surface area contributed by atoms with Crippen molar-refractivity contribution < 1.29 is 5.11 Å². The minimum Gasteiger partial charge on any atom is -0.391 e. The van der Waals surface area contributed by atoms with E-state index < -0.39 is 5.69 Å². The molecular weight excluding hydrogens is 161 g/mol. The minimum absolute atomic E-state index is 0. The molecule has 0 amide bonds. The summed E-state index contributed by atoms with van der Waals surface area (Å²) in [4.78, 5) is 16.0. The molecule has 1 aromatic heterocycles. The average molecular weight is 168 g/mol. The number of aromatic amines is 1. The molecule has 0 aliphatic heterocycles. The van der Waals surface area contributed by atoms with Crippen LogP contribution in [0.25, 0.3) is 0 Å². The van der Waals surface area contributed by atoms with Gasteiger partial charge >= 0.3 is 23.1 Å². The Morgan fingerprint density at radius 3 is 2.82 bits per heavy atom. The van der Waals surface area contributed by atoms with E-state index in [2.05, 4.69) is 9.97 Å². The number of H-pyrrole nitrogens is 1. The number of nitrogens with one attached hydrogen (secondary N) is 1. The number of nitrogens with zero attached hydrogens (tertiary/aromatic N) is 1. The van der Waals surface area contributed by atoms with Gasteiger partial charge in [-0.15, -0.1) is 0 Å². The number of aromatic nitrogens is 2. The second-order valence-corrected chi connectivity index (χ2v) is 1.79. The summed E-state index contributed by atoms with van der Waals surface area (Å²) in [6.45, 7) is -0.213. The third-order valence-corrected chi connectivity index (χ3v) is 1.10. The number of hydrogen-bond acceptors (Lipinski definition) is 4. The molecule has 56 valence electrons. The summed E-state index contributed by atoms with van der Waals surface area (Å²) < 4.78 is 0. The van der Waals surface area contributed by atoms with Gasteiger partial charge in [0.15, 0.2) is 0 Å². The van der Waals surface area contributed by atoms with Crippen molar-refractivity contribution in [3.8, 4) is 0 Å². The monoisotopic (exact) mass is 168 g/mol. The molecule has 0 fully saturated rings. The van der Waals surface area contributed by atoms with Gasteiger partial charge in [-0.3, -0.25) is 4.98 Å². The van der Waals surface area contributed by atoms with Crippen LogP contribution in [0, 0.1) is 0 Å². The van der Waals surface area contributed by atoms with Gasteiger partial charge in [-0.2, -0.15) is 0 Å². The van der Waals surface area contributed by atoms with Gasteiger partial charge in [-0.25, -0.2) is 9.78 Å². The van der Waals surface area contributed by atoms with Crippen molar-refractivity contribution in [3.63, 3.8) is 0 Å².